The molecular weight excluding hydrogens is 170 g/mol. The number of nitrogens with one attached hydrogen (secondary N) is 1. The molecule has 0 aliphatic carbocycles. The highest BCUT2D eigenvalue weighted by Gasteiger charge is 2.20. The monoisotopic (exact) mass is 189 g/mol. The van der Waals surface area contributed by atoms with E-state index in [-0.39, 0.29) is 0 Å². The van der Waals surface area contributed by atoms with Crippen LogP contribution < -0.4 is 5.32 Å². The highest BCUT2D eigenvalue weighted by molar-refractivity contribution is 5.19. The van der Waals surface area contributed by atoms with Crippen molar-refractivity contribution in [3.05, 3.63) is 35.9 Å². The van der Waals surface area contributed by atoms with Crippen LogP contribution in [-0.2, 0) is 0 Å². The van der Waals surface area contributed by atoms with Crippen LogP contribution in [0.2, 0.25) is 0 Å². The maximum absolute atomic E-state index is 3.49. The zero-order valence-electron chi connectivity index (χ0n) is 8.87. The Morgan fingerprint density at radius 2 is 2.07 bits per heavy atom. The Morgan fingerprint density at radius 3 is 2.71 bits per heavy atom. The van der Waals surface area contributed by atoms with Gasteiger partial charge in [-0.2, -0.15) is 0 Å². The summed E-state index contributed by atoms with van der Waals surface area (Å²) in [5.74, 6) is 1.52. The van der Waals surface area contributed by atoms with E-state index in [9.17, 15) is 0 Å². The van der Waals surface area contributed by atoms with Crippen LogP contribution in [-0.4, -0.2) is 13.1 Å². The fourth-order valence-electron chi connectivity index (χ4n) is 2.33. The summed E-state index contributed by atoms with van der Waals surface area (Å²) in [6, 6.07) is 10.9. The summed E-state index contributed by atoms with van der Waals surface area (Å²) < 4.78 is 0. The van der Waals surface area contributed by atoms with Crippen molar-refractivity contribution < 1.29 is 0 Å². The van der Waals surface area contributed by atoms with Gasteiger partial charge < -0.3 is 5.32 Å². The molecule has 76 valence electrons. The molecule has 1 aromatic carbocycles. The van der Waals surface area contributed by atoms with Crippen LogP contribution in [0.3, 0.4) is 0 Å². The first-order valence-corrected chi connectivity index (χ1v) is 5.63. The van der Waals surface area contributed by atoms with Gasteiger partial charge in [0, 0.05) is 0 Å². The molecular formula is C13H19N. The van der Waals surface area contributed by atoms with E-state index in [0.29, 0.717) is 5.92 Å². The summed E-state index contributed by atoms with van der Waals surface area (Å²) >= 11 is 0. The van der Waals surface area contributed by atoms with Crippen LogP contribution in [0.25, 0.3) is 0 Å². The van der Waals surface area contributed by atoms with Gasteiger partial charge in [0.15, 0.2) is 0 Å². The van der Waals surface area contributed by atoms with E-state index in [1.54, 1.807) is 0 Å². The normalized spacial score (nSPS) is 24.5. The summed E-state index contributed by atoms with van der Waals surface area (Å²) in [5.41, 5.74) is 1.49. The number of rotatable bonds is 2. The number of hydrogen-bond donors (Lipinski definition) is 1. The molecule has 0 aromatic heterocycles. The Hall–Kier alpha value is -0.820. The number of benzene rings is 1. The Bertz CT molecular complexity index is 262. The third kappa shape index (κ3) is 2.16. The van der Waals surface area contributed by atoms with E-state index >= 15 is 0 Å². The molecule has 0 spiro atoms. The molecule has 1 heteroatoms. The van der Waals surface area contributed by atoms with Gasteiger partial charge in [-0.1, -0.05) is 37.3 Å². The lowest BCUT2D eigenvalue weighted by molar-refractivity contribution is 0.334. The molecule has 14 heavy (non-hydrogen) atoms. The molecule has 0 amide bonds. The molecule has 1 unspecified atom stereocenters. The lowest BCUT2D eigenvalue weighted by Crippen LogP contribution is -2.32. The molecule has 1 N–H and O–H groups in total. The zero-order chi connectivity index (χ0) is 9.80. The van der Waals surface area contributed by atoms with E-state index in [4.69, 9.17) is 0 Å². The maximum Gasteiger partial charge on any atom is -0.00148 e. The Kier molecular flexibility index (Phi) is 3.20. The summed E-state index contributed by atoms with van der Waals surface area (Å²) in [6.45, 7) is 4.75. The predicted octanol–water partition coefficient (Wildman–Crippen LogP) is 2.79. The molecule has 0 bridgehead atoms. The molecule has 2 atom stereocenters. The SMILES string of the molecule is C[C@@H](c1ccccc1)C1CCCNC1. The number of piperidine rings is 1. The van der Waals surface area contributed by atoms with Crippen molar-refractivity contribution in [2.24, 2.45) is 5.92 Å². The van der Waals surface area contributed by atoms with Crippen molar-refractivity contribution in [1.82, 2.24) is 5.32 Å². The van der Waals surface area contributed by atoms with Gasteiger partial charge in [0.05, 0.1) is 0 Å². The molecule has 1 nitrogen and oxygen atoms in total. The van der Waals surface area contributed by atoms with Gasteiger partial charge in [-0.3, -0.25) is 0 Å². The molecule has 1 saturated heterocycles. The first kappa shape index (κ1) is 9.72. The highest BCUT2D eigenvalue weighted by atomic mass is 14.9. The minimum atomic E-state index is 0.698. The molecule has 2 rings (SSSR count). The number of hydrogen-bond acceptors (Lipinski definition) is 1. The predicted molar refractivity (Wildman–Crippen MR) is 60.5 cm³/mol. The molecule has 1 aliphatic heterocycles. The lowest BCUT2D eigenvalue weighted by Gasteiger charge is -2.28. The van der Waals surface area contributed by atoms with E-state index in [2.05, 4.69) is 42.6 Å². The van der Waals surface area contributed by atoms with Gasteiger partial charge in [0.25, 0.3) is 0 Å². The van der Waals surface area contributed by atoms with E-state index in [1.807, 2.05) is 0 Å². The minimum Gasteiger partial charge on any atom is -0.316 e. The Balaban J connectivity index is 2.03. The average Bonchev–Trinajstić information content (AvgIpc) is 2.30. The smallest absolute Gasteiger partial charge is 0.00148 e. The topological polar surface area (TPSA) is 12.0 Å². The van der Waals surface area contributed by atoms with Gasteiger partial charge in [0.1, 0.15) is 0 Å². The van der Waals surface area contributed by atoms with Crippen LogP contribution in [0, 0.1) is 5.92 Å². The van der Waals surface area contributed by atoms with E-state index in [0.717, 1.165) is 5.92 Å². The van der Waals surface area contributed by atoms with Gasteiger partial charge in [0.2, 0.25) is 0 Å². The van der Waals surface area contributed by atoms with Crippen LogP contribution >= 0.6 is 0 Å². The van der Waals surface area contributed by atoms with Crippen LogP contribution in [0.5, 0.6) is 0 Å². The highest BCUT2D eigenvalue weighted by Crippen LogP contribution is 2.28. The second kappa shape index (κ2) is 4.61. The summed E-state index contributed by atoms with van der Waals surface area (Å²) in [6.07, 6.45) is 2.71. The first-order valence-electron chi connectivity index (χ1n) is 5.63. The van der Waals surface area contributed by atoms with Gasteiger partial charge >= 0.3 is 0 Å². The summed E-state index contributed by atoms with van der Waals surface area (Å²) in [7, 11) is 0. The van der Waals surface area contributed by atoms with E-state index < -0.39 is 0 Å². The van der Waals surface area contributed by atoms with Gasteiger partial charge in [-0.25, -0.2) is 0 Å². The van der Waals surface area contributed by atoms with Crippen molar-refractivity contribution in [3.63, 3.8) is 0 Å². The largest absolute Gasteiger partial charge is 0.316 e. The van der Waals surface area contributed by atoms with E-state index in [1.165, 1.54) is 31.5 Å². The molecule has 1 heterocycles. The zero-order valence-corrected chi connectivity index (χ0v) is 8.87. The van der Waals surface area contributed by atoms with Crippen molar-refractivity contribution >= 4 is 0 Å². The summed E-state index contributed by atoms with van der Waals surface area (Å²) in [4.78, 5) is 0. The average molecular weight is 189 g/mol. The van der Waals surface area contributed by atoms with Gasteiger partial charge in [-0.15, -0.1) is 0 Å². The van der Waals surface area contributed by atoms with Gasteiger partial charge in [-0.05, 0) is 43.3 Å². The van der Waals surface area contributed by atoms with Crippen LogP contribution in [0.15, 0.2) is 30.3 Å². The van der Waals surface area contributed by atoms with Crippen molar-refractivity contribution in [2.45, 2.75) is 25.7 Å². The van der Waals surface area contributed by atoms with Crippen molar-refractivity contribution in [3.8, 4) is 0 Å². The first-order chi connectivity index (χ1) is 6.88. The fraction of sp³-hybridized carbons (Fsp3) is 0.538. The molecule has 0 radical (unpaired) electrons. The lowest BCUT2D eigenvalue weighted by atomic mass is 9.83. The molecule has 1 aliphatic rings. The third-order valence-corrected chi connectivity index (χ3v) is 3.37. The standard InChI is InChI=1S/C13H19N/c1-11(12-6-3-2-4-7-12)13-8-5-9-14-10-13/h2-4,6-7,11,13-14H,5,8-10H2,1H3/t11-,13?/m0/s1. The maximum atomic E-state index is 3.49. The molecule has 0 saturated carbocycles. The minimum absolute atomic E-state index is 0.698. The Morgan fingerprint density at radius 1 is 1.29 bits per heavy atom. The van der Waals surface area contributed by atoms with Crippen molar-refractivity contribution in [1.29, 1.82) is 0 Å². The quantitative estimate of drug-likeness (QED) is 0.754. The van der Waals surface area contributed by atoms with Crippen LogP contribution in [0.4, 0.5) is 0 Å². The van der Waals surface area contributed by atoms with Crippen molar-refractivity contribution in [2.75, 3.05) is 13.1 Å². The fourth-order valence-corrected chi connectivity index (χ4v) is 2.33. The third-order valence-electron chi connectivity index (χ3n) is 3.37. The van der Waals surface area contributed by atoms with Crippen LogP contribution in [0.1, 0.15) is 31.2 Å². The Labute approximate surface area is 86.5 Å². The second-order valence-electron chi connectivity index (χ2n) is 4.31. The summed E-state index contributed by atoms with van der Waals surface area (Å²) in [5, 5.41) is 3.49. The molecule has 1 fully saturated rings. The molecule has 1 aromatic rings. The second-order valence-corrected chi connectivity index (χ2v) is 4.31.